The molecule has 116 valence electrons. The molecule has 0 amide bonds. The fraction of sp³-hybridized carbons (Fsp3) is 0.231. The van der Waals surface area contributed by atoms with Crippen LogP contribution in [-0.4, -0.2) is 28.2 Å². The van der Waals surface area contributed by atoms with Crippen LogP contribution in [0.15, 0.2) is 24.3 Å². The maximum absolute atomic E-state index is 10.6. The number of thiol groups is 1. The molecule has 0 fully saturated rings. The van der Waals surface area contributed by atoms with Crippen molar-refractivity contribution in [2.75, 3.05) is 4.72 Å². The van der Waals surface area contributed by atoms with Gasteiger partial charge in [0, 0.05) is 11.3 Å². The van der Waals surface area contributed by atoms with E-state index in [-0.39, 0.29) is 5.92 Å². The van der Waals surface area contributed by atoms with Crippen LogP contribution < -0.4 is 4.72 Å². The van der Waals surface area contributed by atoms with Gasteiger partial charge >= 0.3 is 0 Å². The summed E-state index contributed by atoms with van der Waals surface area (Å²) in [4.78, 5) is 3.13. The predicted octanol–water partition coefficient (Wildman–Crippen LogP) is 2.44. The van der Waals surface area contributed by atoms with E-state index in [2.05, 4.69) is 19.9 Å². The van der Waals surface area contributed by atoms with E-state index < -0.39 is 10.9 Å². The van der Waals surface area contributed by atoms with E-state index in [0.29, 0.717) is 22.2 Å². The Labute approximate surface area is 133 Å². The lowest BCUT2D eigenvalue weighted by atomic mass is 10.1. The summed E-state index contributed by atoms with van der Waals surface area (Å²) in [7, 11) is -2.67. The molecule has 9 heteroatoms. The van der Waals surface area contributed by atoms with Crippen molar-refractivity contribution in [3.63, 3.8) is 0 Å². The number of benzene rings is 1. The summed E-state index contributed by atoms with van der Waals surface area (Å²) < 4.78 is 25.0. The first-order valence-corrected chi connectivity index (χ1v) is 8.17. The van der Waals surface area contributed by atoms with Gasteiger partial charge in [-0.3, -0.25) is 4.72 Å². The lowest BCUT2D eigenvalue weighted by Gasteiger charge is -2.01. The van der Waals surface area contributed by atoms with Crippen LogP contribution in [0, 0.1) is 0 Å². The molecule has 0 saturated carbocycles. The van der Waals surface area contributed by atoms with Crippen LogP contribution in [0.4, 0.5) is 5.69 Å². The highest BCUT2D eigenvalue weighted by atomic mass is 35.5. The Morgan fingerprint density at radius 1 is 1.23 bits per heavy atom. The number of halogens is 1. The number of aromatic amines is 1. The summed E-state index contributed by atoms with van der Waals surface area (Å²) in [6.07, 6.45) is 0. The molecule has 2 heterocycles. The second kappa shape index (κ2) is 5.62. The summed E-state index contributed by atoms with van der Waals surface area (Å²) in [5.74, 6) is 0.822. The molecule has 3 aromatic rings. The van der Waals surface area contributed by atoms with Crippen LogP contribution in [0.3, 0.4) is 0 Å². The van der Waals surface area contributed by atoms with E-state index >= 15 is 0 Å². The minimum atomic E-state index is -2.67. The SMILES string of the molecule is CC(C)c1nn2nc(-c3ccc(N[SH](=O)=O)cc3)[nH]c2c1Cl. The molecule has 0 radical (unpaired) electrons. The lowest BCUT2D eigenvalue weighted by Crippen LogP contribution is -1.95. The molecule has 0 spiro atoms. The summed E-state index contributed by atoms with van der Waals surface area (Å²) in [6.45, 7) is 4.03. The molecular weight excluding hydrogens is 326 g/mol. The van der Waals surface area contributed by atoms with Gasteiger partial charge in [-0.15, -0.1) is 9.73 Å². The number of H-pyrrole nitrogens is 1. The fourth-order valence-corrected chi connectivity index (χ4v) is 2.86. The molecule has 3 rings (SSSR count). The van der Waals surface area contributed by atoms with E-state index in [9.17, 15) is 8.42 Å². The summed E-state index contributed by atoms with van der Waals surface area (Å²) >= 11 is 6.30. The quantitative estimate of drug-likeness (QED) is 0.636. The van der Waals surface area contributed by atoms with Gasteiger partial charge in [0.15, 0.2) is 11.5 Å². The zero-order valence-electron chi connectivity index (χ0n) is 11.9. The first-order chi connectivity index (χ1) is 10.5. The summed E-state index contributed by atoms with van der Waals surface area (Å²) in [5.41, 5.74) is 2.74. The van der Waals surface area contributed by atoms with Crippen molar-refractivity contribution in [2.24, 2.45) is 0 Å². The van der Waals surface area contributed by atoms with Crippen LogP contribution in [0.25, 0.3) is 17.0 Å². The molecule has 2 aromatic heterocycles. The molecule has 0 saturated heterocycles. The van der Waals surface area contributed by atoms with Crippen LogP contribution >= 0.6 is 11.6 Å². The molecule has 0 aliphatic rings. The number of nitrogens with zero attached hydrogens (tertiary/aromatic N) is 3. The molecule has 2 N–H and O–H groups in total. The van der Waals surface area contributed by atoms with Crippen molar-refractivity contribution >= 4 is 33.8 Å². The smallest absolute Gasteiger partial charge is 0.222 e. The summed E-state index contributed by atoms with van der Waals surface area (Å²) in [6, 6.07) is 6.84. The zero-order chi connectivity index (χ0) is 15.9. The third kappa shape index (κ3) is 2.67. The number of aromatic nitrogens is 4. The molecule has 22 heavy (non-hydrogen) atoms. The van der Waals surface area contributed by atoms with Crippen LogP contribution in [0.2, 0.25) is 5.02 Å². The Bertz CT molecular complexity index is 887. The number of rotatable bonds is 4. The van der Waals surface area contributed by atoms with Crippen LogP contribution in [0.1, 0.15) is 25.5 Å². The number of hydrogen-bond acceptors (Lipinski definition) is 4. The fourth-order valence-electron chi connectivity index (χ4n) is 2.12. The van der Waals surface area contributed by atoms with E-state index in [1.54, 1.807) is 24.3 Å². The standard InChI is InChI=1S/C13H14ClN5O2S/c1-7(2)11-10(14)13-15-12(17-19(13)16-11)8-3-5-9(6-4-8)18-22(20)21/h3-7,22H,1-2H3,(H,15,17)(H,18,20,21). The van der Waals surface area contributed by atoms with E-state index in [4.69, 9.17) is 11.6 Å². The maximum Gasteiger partial charge on any atom is 0.222 e. The minimum Gasteiger partial charge on any atom is -0.320 e. The van der Waals surface area contributed by atoms with Crippen molar-refractivity contribution in [2.45, 2.75) is 19.8 Å². The Kier molecular flexibility index (Phi) is 3.79. The third-order valence-corrected chi connectivity index (χ3v) is 4.01. The van der Waals surface area contributed by atoms with Gasteiger partial charge in [-0.25, -0.2) is 8.42 Å². The topological polar surface area (TPSA) is 92.2 Å². The van der Waals surface area contributed by atoms with Gasteiger partial charge in [0.2, 0.25) is 10.9 Å². The first kappa shape index (κ1) is 14.9. The average Bonchev–Trinajstić information content (AvgIpc) is 2.99. The Hall–Kier alpha value is -2.06. The molecule has 0 unspecified atom stereocenters. The van der Waals surface area contributed by atoms with Gasteiger partial charge < -0.3 is 4.98 Å². The Balaban J connectivity index is 1.96. The van der Waals surface area contributed by atoms with Crippen LogP contribution in [0.5, 0.6) is 0 Å². The number of hydrogen-bond donors (Lipinski definition) is 3. The van der Waals surface area contributed by atoms with Gasteiger partial charge in [0.1, 0.15) is 5.02 Å². The van der Waals surface area contributed by atoms with Crippen molar-refractivity contribution in [3.8, 4) is 11.4 Å². The monoisotopic (exact) mass is 339 g/mol. The molecule has 7 nitrogen and oxygen atoms in total. The summed E-state index contributed by atoms with van der Waals surface area (Å²) in [5, 5.41) is 9.29. The van der Waals surface area contributed by atoms with E-state index in [1.807, 2.05) is 13.8 Å². The van der Waals surface area contributed by atoms with Gasteiger partial charge in [0.25, 0.3) is 0 Å². The lowest BCUT2D eigenvalue weighted by molar-refractivity contribution is 0.619. The first-order valence-electron chi connectivity index (χ1n) is 6.61. The molecule has 0 aliphatic carbocycles. The van der Waals surface area contributed by atoms with Gasteiger partial charge in [-0.1, -0.05) is 25.4 Å². The highest BCUT2D eigenvalue weighted by Gasteiger charge is 2.17. The van der Waals surface area contributed by atoms with Gasteiger partial charge in [-0.2, -0.15) is 5.10 Å². The second-order valence-electron chi connectivity index (χ2n) is 5.11. The van der Waals surface area contributed by atoms with Gasteiger partial charge in [0.05, 0.1) is 5.69 Å². The predicted molar refractivity (Wildman–Crippen MR) is 85.8 cm³/mol. The molecule has 0 bridgehead atoms. The van der Waals surface area contributed by atoms with Gasteiger partial charge in [-0.05, 0) is 30.2 Å². The Morgan fingerprint density at radius 2 is 1.91 bits per heavy atom. The van der Waals surface area contributed by atoms with Crippen molar-refractivity contribution in [1.29, 1.82) is 0 Å². The number of nitrogens with one attached hydrogen (secondary N) is 2. The van der Waals surface area contributed by atoms with Crippen molar-refractivity contribution < 1.29 is 8.42 Å². The average molecular weight is 340 g/mol. The normalized spacial score (nSPS) is 11.7. The third-order valence-electron chi connectivity index (χ3n) is 3.19. The highest BCUT2D eigenvalue weighted by molar-refractivity contribution is 7.73. The van der Waals surface area contributed by atoms with Crippen molar-refractivity contribution in [1.82, 2.24) is 19.8 Å². The molecule has 0 aliphatic heterocycles. The van der Waals surface area contributed by atoms with E-state index in [1.165, 1.54) is 4.63 Å². The largest absolute Gasteiger partial charge is 0.320 e. The zero-order valence-corrected chi connectivity index (χ0v) is 13.5. The minimum absolute atomic E-state index is 0.213. The molecule has 1 aromatic carbocycles. The highest BCUT2D eigenvalue weighted by Crippen LogP contribution is 2.28. The number of anilines is 1. The molecular formula is C13H14ClN5O2S. The number of fused-ring (bicyclic) bond motifs is 1. The second-order valence-corrected chi connectivity index (χ2v) is 6.23. The van der Waals surface area contributed by atoms with Crippen LogP contribution in [-0.2, 0) is 10.9 Å². The Morgan fingerprint density at radius 3 is 2.45 bits per heavy atom. The maximum atomic E-state index is 10.6. The molecule has 0 atom stereocenters. The van der Waals surface area contributed by atoms with E-state index in [0.717, 1.165) is 11.3 Å². The van der Waals surface area contributed by atoms with Crippen molar-refractivity contribution in [3.05, 3.63) is 35.0 Å².